The van der Waals surface area contributed by atoms with E-state index >= 15 is 0 Å². The van der Waals surface area contributed by atoms with E-state index in [1.165, 1.54) is 0 Å². The van der Waals surface area contributed by atoms with E-state index in [0.29, 0.717) is 0 Å². The van der Waals surface area contributed by atoms with Crippen LogP contribution in [0.25, 0.3) is 5.69 Å². The minimum atomic E-state index is 1.01. The number of rotatable bonds is 2. The van der Waals surface area contributed by atoms with Crippen molar-refractivity contribution in [3.05, 3.63) is 47.3 Å². The van der Waals surface area contributed by atoms with Crippen LogP contribution in [-0.2, 0) is 0 Å². The Morgan fingerprint density at radius 3 is 2.50 bits per heavy atom. The second-order valence-electron chi connectivity index (χ2n) is 3.72. The van der Waals surface area contributed by atoms with Crippen LogP contribution < -0.4 is 0 Å². The van der Waals surface area contributed by atoms with E-state index in [1.54, 1.807) is 7.05 Å². The third-order valence-electron chi connectivity index (χ3n) is 2.61. The predicted octanol–water partition coefficient (Wildman–Crippen LogP) is 2.54. The topological polar surface area (TPSA) is 30.2 Å². The molecule has 1 heterocycles. The van der Waals surface area contributed by atoms with Gasteiger partial charge < -0.3 is 0 Å². The molecule has 0 saturated carbocycles. The average Bonchev–Trinajstić information content (AvgIpc) is 2.59. The van der Waals surface area contributed by atoms with E-state index in [-0.39, 0.29) is 0 Å². The minimum absolute atomic E-state index is 1.01. The summed E-state index contributed by atoms with van der Waals surface area (Å²) in [7, 11) is 1.78. The Hall–Kier alpha value is -1.90. The van der Waals surface area contributed by atoms with Crippen LogP contribution in [0.4, 0.5) is 0 Å². The van der Waals surface area contributed by atoms with Gasteiger partial charge in [-0.05, 0) is 26.0 Å². The number of para-hydroxylation sites is 1. The van der Waals surface area contributed by atoms with Crippen molar-refractivity contribution in [2.45, 2.75) is 13.8 Å². The van der Waals surface area contributed by atoms with Crippen molar-refractivity contribution in [2.24, 2.45) is 4.99 Å². The van der Waals surface area contributed by atoms with Gasteiger partial charge in [0.15, 0.2) is 0 Å². The van der Waals surface area contributed by atoms with Crippen LogP contribution in [0.2, 0.25) is 0 Å². The van der Waals surface area contributed by atoms with Crippen LogP contribution in [0, 0.1) is 13.8 Å². The Labute approximate surface area is 95.5 Å². The fourth-order valence-electron chi connectivity index (χ4n) is 1.79. The van der Waals surface area contributed by atoms with Crippen LogP contribution in [0.5, 0.6) is 0 Å². The molecule has 0 atom stereocenters. The van der Waals surface area contributed by atoms with Gasteiger partial charge in [0.1, 0.15) is 0 Å². The summed E-state index contributed by atoms with van der Waals surface area (Å²) in [5.41, 5.74) is 4.31. The molecule has 3 heteroatoms. The summed E-state index contributed by atoms with van der Waals surface area (Å²) in [6.45, 7) is 4.06. The zero-order valence-electron chi connectivity index (χ0n) is 9.81. The molecule has 0 aliphatic carbocycles. The molecule has 0 N–H and O–H groups in total. The van der Waals surface area contributed by atoms with Gasteiger partial charge in [-0.25, -0.2) is 4.68 Å². The normalized spacial score (nSPS) is 11.2. The molecule has 0 amide bonds. The maximum atomic E-state index is 4.52. The summed E-state index contributed by atoms with van der Waals surface area (Å²) < 4.78 is 1.95. The summed E-state index contributed by atoms with van der Waals surface area (Å²) in [4.78, 5) is 4.06. The van der Waals surface area contributed by atoms with E-state index < -0.39 is 0 Å². The largest absolute Gasteiger partial charge is 0.296 e. The lowest BCUT2D eigenvalue weighted by atomic mass is 10.2. The molecule has 0 spiro atoms. The Kier molecular flexibility index (Phi) is 2.86. The molecule has 3 nitrogen and oxygen atoms in total. The van der Waals surface area contributed by atoms with Crippen molar-refractivity contribution in [1.29, 1.82) is 0 Å². The van der Waals surface area contributed by atoms with Crippen molar-refractivity contribution in [3.8, 4) is 5.69 Å². The van der Waals surface area contributed by atoms with Gasteiger partial charge in [-0.1, -0.05) is 18.2 Å². The molecule has 1 aromatic heterocycles. The van der Waals surface area contributed by atoms with Crippen LogP contribution in [-0.4, -0.2) is 23.0 Å². The number of nitrogens with zero attached hydrogens (tertiary/aromatic N) is 3. The highest BCUT2D eigenvalue weighted by Crippen LogP contribution is 2.15. The Morgan fingerprint density at radius 2 is 1.88 bits per heavy atom. The third-order valence-corrected chi connectivity index (χ3v) is 2.61. The van der Waals surface area contributed by atoms with Gasteiger partial charge in [-0.15, -0.1) is 0 Å². The quantitative estimate of drug-likeness (QED) is 0.705. The third kappa shape index (κ3) is 1.76. The first-order valence-electron chi connectivity index (χ1n) is 5.28. The minimum Gasteiger partial charge on any atom is -0.296 e. The maximum absolute atomic E-state index is 4.52. The van der Waals surface area contributed by atoms with Gasteiger partial charge in [0.25, 0.3) is 0 Å². The van der Waals surface area contributed by atoms with E-state index in [4.69, 9.17) is 0 Å². The summed E-state index contributed by atoms with van der Waals surface area (Å²) in [6.07, 6.45) is 1.86. The van der Waals surface area contributed by atoms with Gasteiger partial charge in [-0.3, -0.25) is 4.99 Å². The first-order valence-corrected chi connectivity index (χ1v) is 5.28. The number of aryl methyl sites for hydroxylation is 1. The van der Waals surface area contributed by atoms with E-state index in [2.05, 4.69) is 17.0 Å². The standard InChI is InChI=1S/C13H15N3/c1-10-13(9-14-3)11(2)16(15-10)12-7-5-4-6-8-12/h4-9H,1-3H3/b14-9+. The highest BCUT2D eigenvalue weighted by Gasteiger charge is 2.10. The zero-order chi connectivity index (χ0) is 11.5. The molecule has 1 aromatic carbocycles. The molecular formula is C13H15N3. The molecule has 16 heavy (non-hydrogen) atoms. The van der Waals surface area contributed by atoms with Crippen LogP contribution in [0.3, 0.4) is 0 Å². The summed E-state index contributed by atoms with van der Waals surface area (Å²) in [6, 6.07) is 10.1. The number of benzene rings is 1. The van der Waals surface area contributed by atoms with Crippen molar-refractivity contribution < 1.29 is 0 Å². The fraction of sp³-hybridized carbons (Fsp3) is 0.231. The Morgan fingerprint density at radius 1 is 1.19 bits per heavy atom. The number of aliphatic imine (C=N–C) groups is 1. The van der Waals surface area contributed by atoms with Crippen molar-refractivity contribution in [3.63, 3.8) is 0 Å². The first kappa shape index (κ1) is 10.6. The second kappa shape index (κ2) is 4.31. The zero-order valence-corrected chi connectivity index (χ0v) is 9.81. The molecule has 2 aromatic rings. The summed E-state index contributed by atoms with van der Waals surface area (Å²) in [5, 5.41) is 4.52. The number of hydrogen-bond acceptors (Lipinski definition) is 2. The molecule has 2 rings (SSSR count). The highest BCUT2D eigenvalue weighted by atomic mass is 15.3. The Balaban J connectivity index is 2.56. The van der Waals surface area contributed by atoms with Crippen LogP contribution in [0.1, 0.15) is 17.0 Å². The van der Waals surface area contributed by atoms with Crippen molar-refractivity contribution in [1.82, 2.24) is 9.78 Å². The molecule has 0 aliphatic heterocycles. The lowest BCUT2D eigenvalue weighted by Gasteiger charge is -2.03. The smallest absolute Gasteiger partial charge is 0.0688 e. The predicted molar refractivity (Wildman–Crippen MR) is 66.6 cm³/mol. The summed E-state index contributed by atoms with van der Waals surface area (Å²) >= 11 is 0. The molecule has 0 fully saturated rings. The van der Waals surface area contributed by atoms with Crippen molar-refractivity contribution >= 4 is 6.21 Å². The molecule has 0 aliphatic rings. The summed E-state index contributed by atoms with van der Waals surface area (Å²) in [5.74, 6) is 0. The van der Waals surface area contributed by atoms with Gasteiger partial charge in [0.2, 0.25) is 0 Å². The SMILES string of the molecule is C/N=C/c1c(C)nn(-c2ccccc2)c1C. The van der Waals surface area contributed by atoms with Gasteiger partial charge in [0.05, 0.1) is 17.1 Å². The maximum Gasteiger partial charge on any atom is 0.0688 e. The fourth-order valence-corrected chi connectivity index (χ4v) is 1.79. The number of aromatic nitrogens is 2. The van der Waals surface area contributed by atoms with E-state index in [1.807, 2.05) is 48.2 Å². The monoisotopic (exact) mass is 213 g/mol. The van der Waals surface area contributed by atoms with E-state index in [0.717, 1.165) is 22.6 Å². The molecule has 0 bridgehead atoms. The molecule has 82 valence electrons. The average molecular weight is 213 g/mol. The van der Waals surface area contributed by atoms with Gasteiger partial charge in [0, 0.05) is 18.8 Å². The molecule has 0 radical (unpaired) electrons. The van der Waals surface area contributed by atoms with Crippen molar-refractivity contribution in [2.75, 3.05) is 7.05 Å². The van der Waals surface area contributed by atoms with Crippen LogP contribution >= 0.6 is 0 Å². The molecule has 0 saturated heterocycles. The molecule has 0 unspecified atom stereocenters. The molecular weight excluding hydrogens is 198 g/mol. The van der Waals surface area contributed by atoms with Gasteiger partial charge >= 0.3 is 0 Å². The van der Waals surface area contributed by atoms with Gasteiger partial charge in [-0.2, -0.15) is 5.10 Å². The highest BCUT2D eigenvalue weighted by molar-refractivity contribution is 5.82. The second-order valence-corrected chi connectivity index (χ2v) is 3.72. The first-order chi connectivity index (χ1) is 7.74. The van der Waals surface area contributed by atoms with Crippen LogP contribution in [0.15, 0.2) is 35.3 Å². The lowest BCUT2D eigenvalue weighted by molar-refractivity contribution is 0.833. The Bertz CT molecular complexity index is 509. The number of hydrogen-bond donors (Lipinski definition) is 0. The lowest BCUT2D eigenvalue weighted by Crippen LogP contribution is -1.98. The van der Waals surface area contributed by atoms with E-state index in [9.17, 15) is 0 Å².